The van der Waals surface area contributed by atoms with Crippen molar-refractivity contribution in [2.45, 2.75) is 0 Å². The van der Waals surface area contributed by atoms with Gasteiger partial charge in [-0.05, 0) is 48.5 Å². The highest BCUT2D eigenvalue weighted by Gasteiger charge is 2.15. The van der Waals surface area contributed by atoms with Crippen molar-refractivity contribution in [3.8, 4) is 17.1 Å². The summed E-state index contributed by atoms with van der Waals surface area (Å²) in [4.78, 5) is 24.8. The maximum atomic E-state index is 12.8. The first kappa shape index (κ1) is 19.4. The summed E-state index contributed by atoms with van der Waals surface area (Å²) < 4.78 is 0. The lowest BCUT2D eigenvalue weighted by molar-refractivity contribution is 0.102. The smallest absolute Gasteiger partial charge is 0.256 e. The minimum absolute atomic E-state index is 0.0539. The summed E-state index contributed by atoms with van der Waals surface area (Å²) in [6, 6.07) is 19.0. The number of imidazole rings is 1. The molecule has 2 aromatic heterocycles. The molecule has 3 aromatic carbocycles. The Morgan fingerprint density at radius 3 is 2.52 bits per heavy atom. The SMILES string of the molecule is O=C(Nc1ccc2cccc(O)c2n1)c1ccc2nc(-c3c(Cl)cccc3Cl)[nH]c2c1. The maximum absolute atomic E-state index is 12.8. The molecule has 3 N–H and O–H groups in total. The highest BCUT2D eigenvalue weighted by molar-refractivity contribution is 6.39. The third kappa shape index (κ3) is 3.56. The van der Waals surface area contributed by atoms with E-state index in [1.54, 1.807) is 60.7 Å². The van der Waals surface area contributed by atoms with Gasteiger partial charge in [0.15, 0.2) is 0 Å². The standard InChI is InChI=1S/C23H14Cl2N4O2/c24-14-4-2-5-15(25)20(14)22-26-16-9-7-13(11-17(16)27-22)23(31)29-19-10-8-12-3-1-6-18(30)21(12)28-19/h1-11,30H,(H,26,27)(H,28,29,31). The van der Waals surface area contributed by atoms with Gasteiger partial charge in [-0.2, -0.15) is 0 Å². The van der Waals surface area contributed by atoms with Crippen molar-refractivity contribution < 1.29 is 9.90 Å². The topological polar surface area (TPSA) is 90.9 Å². The van der Waals surface area contributed by atoms with Crippen LogP contribution in [0.25, 0.3) is 33.3 Å². The van der Waals surface area contributed by atoms with Crippen molar-refractivity contribution in [2.75, 3.05) is 5.32 Å². The van der Waals surface area contributed by atoms with E-state index in [0.717, 1.165) is 5.39 Å². The number of carbonyl (C=O) groups is 1. The van der Waals surface area contributed by atoms with Gasteiger partial charge in [0.2, 0.25) is 0 Å². The number of nitrogens with zero attached hydrogens (tertiary/aromatic N) is 2. The number of nitrogens with one attached hydrogen (secondary N) is 2. The summed E-state index contributed by atoms with van der Waals surface area (Å²) in [5.41, 5.74) is 2.80. The minimum atomic E-state index is -0.337. The van der Waals surface area contributed by atoms with Crippen molar-refractivity contribution >= 4 is 56.9 Å². The monoisotopic (exact) mass is 448 g/mol. The first-order valence-corrected chi connectivity index (χ1v) is 10.1. The summed E-state index contributed by atoms with van der Waals surface area (Å²) in [6.45, 7) is 0. The number of para-hydroxylation sites is 1. The highest BCUT2D eigenvalue weighted by atomic mass is 35.5. The lowest BCUT2D eigenvalue weighted by Gasteiger charge is -2.06. The van der Waals surface area contributed by atoms with Crippen LogP contribution in [0.3, 0.4) is 0 Å². The Hall–Kier alpha value is -3.61. The number of amides is 1. The van der Waals surface area contributed by atoms with Crippen molar-refractivity contribution in [2.24, 2.45) is 0 Å². The van der Waals surface area contributed by atoms with Gasteiger partial charge in [0.1, 0.15) is 22.9 Å². The van der Waals surface area contributed by atoms with Gasteiger partial charge in [-0.25, -0.2) is 9.97 Å². The molecular weight excluding hydrogens is 435 g/mol. The van der Waals surface area contributed by atoms with Crippen LogP contribution in [-0.4, -0.2) is 26.0 Å². The fourth-order valence-electron chi connectivity index (χ4n) is 3.38. The molecule has 0 spiro atoms. The Bertz CT molecular complexity index is 1460. The van der Waals surface area contributed by atoms with E-state index in [1.165, 1.54) is 0 Å². The van der Waals surface area contributed by atoms with Gasteiger partial charge < -0.3 is 15.4 Å². The molecule has 0 atom stereocenters. The first-order chi connectivity index (χ1) is 15.0. The maximum Gasteiger partial charge on any atom is 0.256 e. The molecule has 0 fully saturated rings. The molecule has 0 aliphatic carbocycles. The second-order valence-corrected chi connectivity index (χ2v) is 7.73. The van der Waals surface area contributed by atoms with Crippen LogP contribution < -0.4 is 5.32 Å². The van der Waals surface area contributed by atoms with Gasteiger partial charge in [-0.15, -0.1) is 0 Å². The highest BCUT2D eigenvalue weighted by Crippen LogP contribution is 2.34. The van der Waals surface area contributed by atoms with Crippen molar-refractivity contribution in [1.82, 2.24) is 15.0 Å². The molecule has 1 amide bonds. The molecule has 0 saturated carbocycles. The van der Waals surface area contributed by atoms with E-state index < -0.39 is 0 Å². The van der Waals surface area contributed by atoms with Crippen molar-refractivity contribution in [3.05, 3.63) is 82.3 Å². The quantitative estimate of drug-likeness (QED) is 0.313. The van der Waals surface area contributed by atoms with Gasteiger partial charge in [-0.1, -0.05) is 41.4 Å². The van der Waals surface area contributed by atoms with Crippen molar-refractivity contribution in [1.29, 1.82) is 0 Å². The number of carbonyl (C=O) groups excluding carboxylic acids is 1. The Labute approximate surface area is 186 Å². The van der Waals surface area contributed by atoms with E-state index in [4.69, 9.17) is 23.2 Å². The number of aromatic amines is 1. The number of halogens is 2. The number of H-pyrrole nitrogens is 1. The van der Waals surface area contributed by atoms with Crippen LogP contribution in [0, 0.1) is 0 Å². The van der Waals surface area contributed by atoms with Crippen LogP contribution in [-0.2, 0) is 0 Å². The fraction of sp³-hybridized carbons (Fsp3) is 0. The van der Waals surface area contributed by atoms with Crippen LogP contribution in [0.4, 0.5) is 5.82 Å². The number of phenolic OH excluding ortho intramolecular Hbond substituents is 1. The van der Waals surface area contributed by atoms with Crippen LogP contribution >= 0.6 is 23.2 Å². The largest absolute Gasteiger partial charge is 0.506 e. The van der Waals surface area contributed by atoms with Gasteiger partial charge in [0.25, 0.3) is 5.91 Å². The number of hydrogen-bond acceptors (Lipinski definition) is 4. The summed E-state index contributed by atoms with van der Waals surface area (Å²) in [6.07, 6.45) is 0. The molecule has 5 rings (SSSR count). The van der Waals surface area contributed by atoms with E-state index in [0.29, 0.717) is 49.4 Å². The molecule has 2 heterocycles. The molecule has 0 unspecified atom stereocenters. The van der Waals surface area contributed by atoms with E-state index >= 15 is 0 Å². The molecular formula is C23H14Cl2N4O2. The third-order valence-corrected chi connectivity index (χ3v) is 5.51. The van der Waals surface area contributed by atoms with Crippen molar-refractivity contribution in [3.63, 3.8) is 0 Å². The number of phenols is 1. The van der Waals surface area contributed by atoms with Crippen LogP contribution in [0.1, 0.15) is 10.4 Å². The molecule has 152 valence electrons. The molecule has 0 saturated heterocycles. The molecule has 31 heavy (non-hydrogen) atoms. The predicted molar refractivity (Wildman–Crippen MR) is 123 cm³/mol. The second-order valence-electron chi connectivity index (χ2n) is 6.91. The lowest BCUT2D eigenvalue weighted by atomic mass is 10.2. The Balaban J connectivity index is 1.46. The molecule has 8 heteroatoms. The Morgan fingerprint density at radius 2 is 1.71 bits per heavy atom. The van der Waals surface area contributed by atoms with Crippen LogP contribution in [0.5, 0.6) is 5.75 Å². The fourth-order valence-corrected chi connectivity index (χ4v) is 3.96. The Kier molecular flexibility index (Phi) is 4.73. The number of pyridine rings is 1. The third-order valence-electron chi connectivity index (χ3n) is 4.88. The van der Waals surface area contributed by atoms with E-state index in [-0.39, 0.29) is 11.7 Å². The molecule has 0 radical (unpaired) electrons. The summed E-state index contributed by atoms with van der Waals surface area (Å²) in [5.74, 6) is 0.580. The van der Waals surface area contributed by atoms with E-state index in [2.05, 4.69) is 20.3 Å². The summed E-state index contributed by atoms with van der Waals surface area (Å²) >= 11 is 12.6. The number of aromatic nitrogens is 3. The molecule has 0 aliphatic rings. The van der Waals surface area contributed by atoms with E-state index in [1.807, 2.05) is 6.07 Å². The number of rotatable bonds is 3. The molecule has 5 aromatic rings. The summed E-state index contributed by atoms with van der Waals surface area (Å²) in [7, 11) is 0. The van der Waals surface area contributed by atoms with Gasteiger partial charge in [-0.3, -0.25) is 4.79 Å². The minimum Gasteiger partial charge on any atom is -0.506 e. The first-order valence-electron chi connectivity index (χ1n) is 9.34. The molecule has 6 nitrogen and oxygen atoms in total. The zero-order valence-corrected chi connectivity index (χ0v) is 17.4. The summed E-state index contributed by atoms with van der Waals surface area (Å²) in [5, 5.41) is 14.5. The number of aromatic hydroxyl groups is 1. The second kappa shape index (κ2) is 7.58. The van der Waals surface area contributed by atoms with Gasteiger partial charge in [0.05, 0.1) is 26.6 Å². The zero-order chi connectivity index (χ0) is 21.5. The van der Waals surface area contributed by atoms with Gasteiger partial charge in [0, 0.05) is 10.9 Å². The van der Waals surface area contributed by atoms with Gasteiger partial charge >= 0.3 is 0 Å². The average molecular weight is 449 g/mol. The number of anilines is 1. The zero-order valence-electron chi connectivity index (χ0n) is 15.9. The van der Waals surface area contributed by atoms with E-state index in [9.17, 15) is 9.90 Å². The van der Waals surface area contributed by atoms with Crippen LogP contribution in [0.15, 0.2) is 66.7 Å². The number of benzene rings is 3. The number of hydrogen-bond donors (Lipinski definition) is 3. The average Bonchev–Trinajstić information content (AvgIpc) is 3.17. The predicted octanol–water partition coefficient (Wildman–Crippen LogP) is 6.04. The Morgan fingerprint density at radius 1 is 0.935 bits per heavy atom. The molecule has 0 aliphatic heterocycles. The van der Waals surface area contributed by atoms with Crippen LogP contribution in [0.2, 0.25) is 10.0 Å². The lowest BCUT2D eigenvalue weighted by Crippen LogP contribution is -2.12. The molecule has 0 bridgehead atoms. The normalized spacial score (nSPS) is 11.2. The number of fused-ring (bicyclic) bond motifs is 2.